The Bertz CT molecular complexity index is 357. The number of rotatable bonds is 9. The molecule has 0 spiro atoms. The van der Waals surface area contributed by atoms with Gasteiger partial charge in [-0.25, -0.2) is 9.97 Å². The van der Waals surface area contributed by atoms with Crippen LogP contribution < -0.4 is 10.2 Å². The number of aromatic nitrogens is 2. The lowest BCUT2D eigenvalue weighted by atomic mass is 10.0. The molecule has 0 aliphatic rings. The summed E-state index contributed by atoms with van der Waals surface area (Å²) in [6.45, 7) is 13.8. The van der Waals surface area contributed by atoms with Crippen LogP contribution in [0.2, 0.25) is 0 Å². The van der Waals surface area contributed by atoms with E-state index in [9.17, 15) is 0 Å². The quantitative estimate of drug-likeness (QED) is 0.753. The lowest BCUT2D eigenvalue weighted by Gasteiger charge is -2.25. The predicted molar refractivity (Wildman–Crippen MR) is 86.0 cm³/mol. The largest absolute Gasteiger partial charge is 0.341 e. The van der Waals surface area contributed by atoms with Crippen LogP contribution in [0.15, 0.2) is 12.4 Å². The normalized spacial score (nSPS) is 11.3. The first-order chi connectivity index (χ1) is 9.60. The summed E-state index contributed by atoms with van der Waals surface area (Å²) in [7, 11) is 0. The minimum atomic E-state index is 0.483. The van der Waals surface area contributed by atoms with Crippen LogP contribution in [-0.4, -0.2) is 29.1 Å². The average molecular weight is 278 g/mol. The predicted octanol–water partition coefficient (Wildman–Crippen LogP) is 3.24. The Balaban J connectivity index is 2.64. The Morgan fingerprint density at radius 1 is 1.10 bits per heavy atom. The Morgan fingerprint density at radius 3 is 2.15 bits per heavy atom. The highest BCUT2D eigenvalue weighted by Gasteiger charge is 2.12. The third kappa shape index (κ3) is 5.45. The van der Waals surface area contributed by atoms with Gasteiger partial charge in [-0.1, -0.05) is 40.5 Å². The summed E-state index contributed by atoms with van der Waals surface area (Å²) in [5.74, 6) is 1.58. The van der Waals surface area contributed by atoms with Gasteiger partial charge >= 0.3 is 0 Å². The van der Waals surface area contributed by atoms with E-state index in [1.807, 2.05) is 12.4 Å². The second-order valence-corrected chi connectivity index (χ2v) is 5.65. The summed E-state index contributed by atoms with van der Waals surface area (Å²) in [6.07, 6.45) is 6.30. The molecule has 0 bridgehead atoms. The maximum absolute atomic E-state index is 4.52. The second kappa shape index (κ2) is 8.90. The summed E-state index contributed by atoms with van der Waals surface area (Å²) in [4.78, 5) is 11.3. The van der Waals surface area contributed by atoms with Crippen LogP contribution in [-0.2, 0) is 6.54 Å². The van der Waals surface area contributed by atoms with Gasteiger partial charge in [-0.2, -0.15) is 0 Å². The molecule has 1 heterocycles. The lowest BCUT2D eigenvalue weighted by Crippen LogP contribution is -2.30. The molecular weight excluding hydrogens is 248 g/mol. The summed E-state index contributed by atoms with van der Waals surface area (Å²) >= 11 is 0. The number of nitrogens with one attached hydrogen (secondary N) is 1. The zero-order valence-corrected chi connectivity index (χ0v) is 13.7. The van der Waals surface area contributed by atoms with E-state index in [-0.39, 0.29) is 0 Å². The second-order valence-electron chi connectivity index (χ2n) is 5.65. The fraction of sp³-hybridized carbons (Fsp3) is 0.750. The molecule has 4 heteroatoms. The van der Waals surface area contributed by atoms with Crippen molar-refractivity contribution >= 4 is 5.95 Å². The molecule has 1 aromatic heterocycles. The molecule has 0 aliphatic carbocycles. The maximum Gasteiger partial charge on any atom is 0.225 e. The van der Waals surface area contributed by atoms with Crippen LogP contribution in [0.4, 0.5) is 5.95 Å². The van der Waals surface area contributed by atoms with Crippen molar-refractivity contribution in [2.24, 2.45) is 5.92 Å². The van der Waals surface area contributed by atoms with Crippen LogP contribution in [0.5, 0.6) is 0 Å². The number of nitrogens with zero attached hydrogens (tertiary/aromatic N) is 3. The summed E-state index contributed by atoms with van der Waals surface area (Å²) in [5.41, 5.74) is 1.14. The van der Waals surface area contributed by atoms with Gasteiger partial charge in [0.25, 0.3) is 0 Å². The minimum Gasteiger partial charge on any atom is -0.341 e. The first-order valence-electron chi connectivity index (χ1n) is 7.89. The number of anilines is 1. The molecule has 1 N–H and O–H groups in total. The molecule has 1 rings (SSSR count). The Morgan fingerprint density at radius 2 is 1.70 bits per heavy atom. The molecule has 0 aromatic carbocycles. The van der Waals surface area contributed by atoms with Crippen LogP contribution in [0.25, 0.3) is 0 Å². The molecule has 0 aliphatic heterocycles. The van der Waals surface area contributed by atoms with Crippen molar-refractivity contribution in [3.8, 4) is 0 Å². The molecule has 4 nitrogen and oxygen atoms in total. The Kier molecular flexibility index (Phi) is 7.52. The topological polar surface area (TPSA) is 41.1 Å². The number of hydrogen-bond acceptors (Lipinski definition) is 4. The van der Waals surface area contributed by atoms with Crippen LogP contribution in [0.3, 0.4) is 0 Å². The summed E-state index contributed by atoms with van der Waals surface area (Å²) in [5, 5.41) is 3.38. The molecule has 0 saturated heterocycles. The van der Waals surface area contributed by atoms with Gasteiger partial charge in [0.2, 0.25) is 5.95 Å². The van der Waals surface area contributed by atoms with Crippen molar-refractivity contribution < 1.29 is 0 Å². The van der Waals surface area contributed by atoms with E-state index in [1.165, 1.54) is 12.8 Å². The van der Waals surface area contributed by atoms with Crippen molar-refractivity contribution in [2.45, 2.75) is 60.0 Å². The number of hydrogen-bond donors (Lipinski definition) is 1. The van der Waals surface area contributed by atoms with E-state index in [4.69, 9.17) is 0 Å². The molecule has 0 radical (unpaired) electrons. The fourth-order valence-electron chi connectivity index (χ4n) is 2.14. The highest BCUT2D eigenvalue weighted by Crippen LogP contribution is 2.14. The van der Waals surface area contributed by atoms with Gasteiger partial charge in [0, 0.05) is 43.6 Å². The molecule has 0 unspecified atom stereocenters. The zero-order chi connectivity index (χ0) is 15.0. The van der Waals surface area contributed by atoms with E-state index in [2.05, 4.69) is 54.8 Å². The fourth-order valence-corrected chi connectivity index (χ4v) is 2.14. The third-order valence-electron chi connectivity index (χ3n) is 3.70. The van der Waals surface area contributed by atoms with Crippen LogP contribution in [0, 0.1) is 5.92 Å². The first kappa shape index (κ1) is 16.9. The lowest BCUT2D eigenvalue weighted by molar-refractivity contribution is 0.482. The van der Waals surface area contributed by atoms with Crippen molar-refractivity contribution in [1.29, 1.82) is 0 Å². The minimum absolute atomic E-state index is 0.483. The van der Waals surface area contributed by atoms with Crippen LogP contribution in [0.1, 0.15) is 53.0 Å². The van der Waals surface area contributed by atoms with Gasteiger partial charge in [0.05, 0.1) is 0 Å². The highest BCUT2D eigenvalue weighted by atomic mass is 15.2. The standard InChI is InChI=1S/C16H30N4/c1-6-14(7-2)12-20(8-3)16-18-10-15(11-19-16)9-17-13(4)5/h10-11,13-14,17H,6-9,12H2,1-5H3. The highest BCUT2D eigenvalue weighted by molar-refractivity contribution is 5.29. The molecule has 20 heavy (non-hydrogen) atoms. The maximum atomic E-state index is 4.52. The van der Waals surface area contributed by atoms with E-state index in [0.29, 0.717) is 6.04 Å². The first-order valence-corrected chi connectivity index (χ1v) is 7.89. The molecule has 0 atom stereocenters. The van der Waals surface area contributed by atoms with E-state index in [1.54, 1.807) is 0 Å². The van der Waals surface area contributed by atoms with Crippen molar-refractivity contribution in [1.82, 2.24) is 15.3 Å². The van der Waals surface area contributed by atoms with Crippen molar-refractivity contribution in [2.75, 3.05) is 18.0 Å². The summed E-state index contributed by atoms with van der Waals surface area (Å²) in [6, 6.07) is 0.483. The van der Waals surface area contributed by atoms with Crippen molar-refractivity contribution in [3.05, 3.63) is 18.0 Å². The van der Waals surface area contributed by atoms with Gasteiger partial charge in [0.15, 0.2) is 0 Å². The van der Waals surface area contributed by atoms with E-state index >= 15 is 0 Å². The Labute approximate surface area is 124 Å². The monoisotopic (exact) mass is 278 g/mol. The molecule has 0 saturated carbocycles. The van der Waals surface area contributed by atoms with E-state index < -0.39 is 0 Å². The third-order valence-corrected chi connectivity index (χ3v) is 3.70. The van der Waals surface area contributed by atoms with Gasteiger partial charge in [-0.3, -0.25) is 0 Å². The molecular formula is C16H30N4. The smallest absolute Gasteiger partial charge is 0.225 e. The summed E-state index contributed by atoms with van der Waals surface area (Å²) < 4.78 is 0. The van der Waals surface area contributed by atoms with Crippen molar-refractivity contribution in [3.63, 3.8) is 0 Å². The van der Waals surface area contributed by atoms with Gasteiger partial charge < -0.3 is 10.2 Å². The van der Waals surface area contributed by atoms with Gasteiger partial charge in [-0.15, -0.1) is 0 Å². The van der Waals surface area contributed by atoms with Gasteiger partial charge in [0.1, 0.15) is 0 Å². The molecule has 114 valence electrons. The Hall–Kier alpha value is -1.16. The molecule has 1 aromatic rings. The average Bonchev–Trinajstić information content (AvgIpc) is 2.47. The van der Waals surface area contributed by atoms with E-state index in [0.717, 1.165) is 37.1 Å². The molecule has 0 fully saturated rings. The van der Waals surface area contributed by atoms with Crippen LogP contribution >= 0.6 is 0 Å². The zero-order valence-electron chi connectivity index (χ0n) is 13.7. The van der Waals surface area contributed by atoms with Gasteiger partial charge in [-0.05, 0) is 12.8 Å². The molecule has 0 amide bonds. The SMILES string of the molecule is CCC(CC)CN(CC)c1ncc(CNC(C)C)cn1.